The fourth-order valence-corrected chi connectivity index (χ4v) is 5.18. The second-order valence-corrected chi connectivity index (χ2v) is 8.71. The maximum atomic E-state index is 12.8. The van der Waals surface area contributed by atoms with Crippen molar-refractivity contribution >= 4 is 16.9 Å². The van der Waals surface area contributed by atoms with Gasteiger partial charge in [0.25, 0.3) is 0 Å². The summed E-state index contributed by atoms with van der Waals surface area (Å²) in [5, 5.41) is 14.1. The molecular formula is C23H30N6O2. The van der Waals surface area contributed by atoms with Crippen LogP contribution in [0.2, 0.25) is 0 Å². The maximum absolute atomic E-state index is 12.8. The third kappa shape index (κ3) is 4.13. The van der Waals surface area contributed by atoms with Gasteiger partial charge in [0.05, 0.1) is 31.0 Å². The zero-order valence-electron chi connectivity index (χ0n) is 17.8. The van der Waals surface area contributed by atoms with Gasteiger partial charge in [0.2, 0.25) is 0 Å². The van der Waals surface area contributed by atoms with Gasteiger partial charge >= 0.3 is 6.03 Å². The summed E-state index contributed by atoms with van der Waals surface area (Å²) in [6.07, 6.45) is 4.58. The van der Waals surface area contributed by atoms with E-state index in [9.17, 15) is 10.1 Å². The molecule has 2 aromatic rings. The molecule has 3 aliphatic rings. The Kier molecular flexibility index (Phi) is 5.81. The van der Waals surface area contributed by atoms with Gasteiger partial charge in [-0.15, -0.1) is 0 Å². The lowest BCUT2D eigenvalue weighted by molar-refractivity contribution is 0.0301. The Hall–Kier alpha value is -2.60. The predicted octanol–water partition coefficient (Wildman–Crippen LogP) is 1.90. The van der Waals surface area contributed by atoms with Crippen LogP contribution in [0.1, 0.15) is 29.9 Å². The minimum Gasteiger partial charge on any atom is -0.378 e. The van der Waals surface area contributed by atoms with Gasteiger partial charge in [0, 0.05) is 56.4 Å². The molecule has 3 fully saturated rings. The Bertz CT molecular complexity index is 968. The molecule has 1 aromatic carbocycles. The molecule has 8 nitrogen and oxygen atoms in total. The molecule has 0 aliphatic carbocycles. The molecule has 5 rings (SSSR count). The van der Waals surface area contributed by atoms with Gasteiger partial charge in [-0.1, -0.05) is 0 Å². The van der Waals surface area contributed by atoms with E-state index in [1.807, 2.05) is 28.0 Å². The van der Waals surface area contributed by atoms with Crippen LogP contribution in [-0.4, -0.2) is 90.9 Å². The third-order valence-electron chi connectivity index (χ3n) is 6.97. The summed E-state index contributed by atoms with van der Waals surface area (Å²) in [6.45, 7) is 7.00. The van der Waals surface area contributed by atoms with Crippen molar-refractivity contribution in [2.24, 2.45) is 0 Å². The minimum atomic E-state index is 0.157. The van der Waals surface area contributed by atoms with Gasteiger partial charge in [-0.3, -0.25) is 4.90 Å². The lowest BCUT2D eigenvalue weighted by atomic mass is 9.87. The first-order valence-electron chi connectivity index (χ1n) is 11.3. The van der Waals surface area contributed by atoms with Gasteiger partial charge in [0.15, 0.2) is 0 Å². The molecule has 0 bridgehead atoms. The van der Waals surface area contributed by atoms with E-state index in [0.29, 0.717) is 44.0 Å². The highest BCUT2D eigenvalue weighted by Crippen LogP contribution is 2.34. The number of H-pyrrole nitrogens is 1. The first-order valence-corrected chi connectivity index (χ1v) is 11.3. The molecule has 0 spiro atoms. The molecule has 0 radical (unpaired) electrons. The molecule has 3 saturated heterocycles. The number of hydrogen-bond acceptors (Lipinski definition) is 5. The Morgan fingerprint density at radius 3 is 2.65 bits per heavy atom. The molecular weight excluding hydrogens is 392 g/mol. The number of carbonyl (C=O) groups excluding carboxylic acids is 1. The van der Waals surface area contributed by atoms with E-state index >= 15 is 0 Å². The van der Waals surface area contributed by atoms with E-state index in [-0.39, 0.29) is 6.03 Å². The Morgan fingerprint density at radius 1 is 1.10 bits per heavy atom. The smallest absolute Gasteiger partial charge is 0.320 e. The number of hydrogen-bond donors (Lipinski definition) is 2. The van der Waals surface area contributed by atoms with Crippen LogP contribution in [0.4, 0.5) is 4.79 Å². The zero-order chi connectivity index (χ0) is 21.2. The first kappa shape index (κ1) is 20.3. The van der Waals surface area contributed by atoms with E-state index in [4.69, 9.17) is 4.74 Å². The van der Waals surface area contributed by atoms with Gasteiger partial charge in [0.1, 0.15) is 0 Å². The first-order chi connectivity index (χ1) is 15.2. The molecule has 4 heterocycles. The van der Waals surface area contributed by atoms with Gasteiger partial charge < -0.3 is 24.8 Å². The normalized spacial score (nSPS) is 25.5. The highest BCUT2D eigenvalue weighted by atomic mass is 16.5. The number of morpholine rings is 1. The standard InChI is InChI=1S/C23H30N6O2/c24-15-17-1-2-21-19(13-17)20(16-26-21)18-3-4-25-22(14-18)27-5-7-28(8-6-27)23(30)29-9-11-31-12-10-29/h1-2,13,16,18,22,25-26H,3-12,14H2/t18?,22-/m1/s1. The number of aromatic amines is 1. The monoisotopic (exact) mass is 422 g/mol. The molecule has 2 N–H and O–H groups in total. The Labute approximate surface area is 182 Å². The van der Waals surface area contributed by atoms with Crippen molar-refractivity contribution in [3.8, 4) is 6.07 Å². The second-order valence-electron chi connectivity index (χ2n) is 8.71. The van der Waals surface area contributed by atoms with Gasteiger partial charge in [-0.05, 0) is 49.1 Å². The highest BCUT2D eigenvalue weighted by Gasteiger charge is 2.32. The van der Waals surface area contributed by atoms with Crippen molar-refractivity contribution in [2.45, 2.75) is 24.9 Å². The Morgan fingerprint density at radius 2 is 1.87 bits per heavy atom. The highest BCUT2D eigenvalue weighted by molar-refractivity contribution is 5.85. The molecule has 0 saturated carbocycles. The van der Waals surface area contributed by atoms with E-state index in [2.05, 4.69) is 27.5 Å². The van der Waals surface area contributed by atoms with Crippen LogP contribution in [0.15, 0.2) is 24.4 Å². The van der Waals surface area contributed by atoms with Crippen molar-refractivity contribution in [1.82, 2.24) is 25.0 Å². The van der Waals surface area contributed by atoms with E-state index in [1.165, 1.54) is 10.9 Å². The summed E-state index contributed by atoms with van der Waals surface area (Å²) in [6, 6.07) is 8.29. The van der Waals surface area contributed by atoms with Crippen LogP contribution in [0.5, 0.6) is 0 Å². The summed E-state index contributed by atoms with van der Waals surface area (Å²) >= 11 is 0. The van der Waals surface area contributed by atoms with Crippen LogP contribution >= 0.6 is 0 Å². The Balaban J connectivity index is 1.22. The van der Waals surface area contributed by atoms with Crippen LogP contribution in [0.3, 0.4) is 0 Å². The third-order valence-corrected chi connectivity index (χ3v) is 6.97. The van der Waals surface area contributed by atoms with Crippen molar-refractivity contribution in [3.05, 3.63) is 35.5 Å². The number of rotatable bonds is 2. The quantitative estimate of drug-likeness (QED) is 0.772. The molecule has 164 valence electrons. The summed E-state index contributed by atoms with van der Waals surface area (Å²) in [7, 11) is 0. The zero-order valence-corrected chi connectivity index (χ0v) is 17.8. The SMILES string of the molecule is N#Cc1ccc2[nH]cc(C3CCN[C@H](N4CCN(C(=O)N5CCOCC5)CC4)C3)c2c1. The average molecular weight is 423 g/mol. The van der Waals surface area contributed by atoms with Gasteiger partial charge in [-0.25, -0.2) is 4.79 Å². The number of fused-ring (bicyclic) bond motifs is 1. The molecule has 2 amide bonds. The van der Waals surface area contributed by atoms with Crippen molar-refractivity contribution in [2.75, 3.05) is 59.0 Å². The average Bonchev–Trinajstić information content (AvgIpc) is 3.27. The molecule has 2 atom stereocenters. The summed E-state index contributed by atoms with van der Waals surface area (Å²) in [4.78, 5) is 22.5. The van der Waals surface area contributed by atoms with E-state index in [0.717, 1.165) is 51.1 Å². The molecule has 8 heteroatoms. The molecule has 1 aromatic heterocycles. The van der Waals surface area contributed by atoms with Crippen LogP contribution in [0.25, 0.3) is 10.9 Å². The fourth-order valence-electron chi connectivity index (χ4n) is 5.18. The van der Waals surface area contributed by atoms with Crippen LogP contribution < -0.4 is 5.32 Å². The number of urea groups is 1. The molecule has 31 heavy (non-hydrogen) atoms. The number of carbonyl (C=O) groups is 1. The number of piperidine rings is 1. The molecule has 1 unspecified atom stereocenters. The number of nitriles is 1. The number of nitrogens with one attached hydrogen (secondary N) is 2. The van der Waals surface area contributed by atoms with Crippen LogP contribution in [-0.2, 0) is 4.74 Å². The molecule has 3 aliphatic heterocycles. The number of aromatic nitrogens is 1. The topological polar surface area (TPSA) is 87.6 Å². The van der Waals surface area contributed by atoms with Crippen LogP contribution in [0, 0.1) is 11.3 Å². The number of piperazine rings is 1. The lowest BCUT2D eigenvalue weighted by Gasteiger charge is -2.44. The van der Waals surface area contributed by atoms with Crippen molar-refractivity contribution in [1.29, 1.82) is 5.26 Å². The van der Waals surface area contributed by atoms with E-state index in [1.54, 1.807) is 0 Å². The number of amides is 2. The summed E-state index contributed by atoms with van der Waals surface area (Å²) < 4.78 is 5.37. The number of ether oxygens (including phenoxy) is 1. The second kappa shape index (κ2) is 8.87. The minimum absolute atomic E-state index is 0.157. The maximum Gasteiger partial charge on any atom is 0.320 e. The van der Waals surface area contributed by atoms with Crippen molar-refractivity contribution in [3.63, 3.8) is 0 Å². The van der Waals surface area contributed by atoms with E-state index < -0.39 is 0 Å². The number of nitrogens with zero attached hydrogens (tertiary/aromatic N) is 4. The summed E-state index contributed by atoms with van der Waals surface area (Å²) in [5.74, 6) is 0.460. The summed E-state index contributed by atoms with van der Waals surface area (Å²) in [5.41, 5.74) is 3.12. The van der Waals surface area contributed by atoms with Gasteiger partial charge in [-0.2, -0.15) is 5.26 Å². The number of benzene rings is 1. The van der Waals surface area contributed by atoms with Crippen molar-refractivity contribution < 1.29 is 9.53 Å². The predicted molar refractivity (Wildman–Crippen MR) is 118 cm³/mol. The largest absolute Gasteiger partial charge is 0.378 e. The fraction of sp³-hybridized carbons (Fsp3) is 0.565. The lowest BCUT2D eigenvalue weighted by Crippen LogP contribution is -2.59.